The van der Waals surface area contributed by atoms with Crippen molar-refractivity contribution in [3.8, 4) is 0 Å². The van der Waals surface area contributed by atoms with Crippen molar-refractivity contribution in [1.82, 2.24) is 0 Å². The summed E-state index contributed by atoms with van der Waals surface area (Å²) in [4.78, 5) is 0. The van der Waals surface area contributed by atoms with E-state index in [2.05, 4.69) is 26.3 Å². The van der Waals surface area contributed by atoms with Crippen molar-refractivity contribution in [3.63, 3.8) is 0 Å². The fraction of sp³-hybridized carbons (Fsp3) is 0.182. The van der Waals surface area contributed by atoms with Gasteiger partial charge in [0.1, 0.15) is 18.2 Å². The Morgan fingerprint density at radius 2 is 1.70 bits per heavy atom. The summed E-state index contributed by atoms with van der Waals surface area (Å²) in [6, 6.07) is 4.77. The van der Waals surface area contributed by atoms with E-state index in [1.54, 1.807) is 26.0 Å². The molecule has 2 nitrogen and oxygen atoms in total. The van der Waals surface area contributed by atoms with Crippen molar-refractivity contribution in [2.24, 2.45) is 0 Å². The Kier molecular flexibility index (Phi) is 8.39. The van der Waals surface area contributed by atoms with Gasteiger partial charge >= 0.3 is 0 Å². The summed E-state index contributed by atoms with van der Waals surface area (Å²) in [5.41, 5.74) is 1.05. The predicted octanol–water partition coefficient (Wildman–Crippen LogP) is 6.53. The number of benzene rings is 1. The van der Waals surface area contributed by atoms with E-state index in [-0.39, 0.29) is 35.9 Å². The van der Waals surface area contributed by atoms with Gasteiger partial charge < -0.3 is 9.47 Å². The first-order valence-corrected chi connectivity index (χ1v) is 8.18. The van der Waals surface area contributed by atoms with E-state index in [0.29, 0.717) is 11.1 Å². The van der Waals surface area contributed by atoms with E-state index in [9.17, 15) is 13.2 Å². The lowest BCUT2D eigenvalue weighted by atomic mass is 10.1. The lowest BCUT2D eigenvalue weighted by Gasteiger charge is -2.09. The van der Waals surface area contributed by atoms with Gasteiger partial charge in [-0.2, -0.15) is 4.39 Å². The van der Waals surface area contributed by atoms with Crippen LogP contribution in [0.4, 0.5) is 13.2 Å². The highest BCUT2D eigenvalue weighted by molar-refractivity contribution is 5.49. The first-order chi connectivity index (χ1) is 12.7. The number of rotatable bonds is 10. The van der Waals surface area contributed by atoms with Crippen molar-refractivity contribution in [2.75, 3.05) is 6.61 Å². The second-order valence-electron chi connectivity index (χ2n) is 5.66. The molecule has 5 heteroatoms. The quantitative estimate of drug-likeness (QED) is 0.341. The van der Waals surface area contributed by atoms with Gasteiger partial charge in [-0.15, -0.1) is 0 Å². The van der Waals surface area contributed by atoms with Crippen LogP contribution in [0, 0.1) is 12.7 Å². The van der Waals surface area contributed by atoms with Gasteiger partial charge in [0.15, 0.2) is 11.6 Å². The topological polar surface area (TPSA) is 18.5 Å². The van der Waals surface area contributed by atoms with Crippen molar-refractivity contribution < 1.29 is 22.6 Å². The largest absolute Gasteiger partial charge is 0.491 e. The minimum absolute atomic E-state index is 0.116. The van der Waals surface area contributed by atoms with Gasteiger partial charge in [0.2, 0.25) is 5.83 Å². The lowest BCUT2D eigenvalue weighted by molar-refractivity contribution is 0.212. The summed E-state index contributed by atoms with van der Waals surface area (Å²) in [5.74, 6) is -2.92. The molecule has 1 aromatic rings. The molecular formula is C22H23F3O2. The minimum Gasteiger partial charge on any atom is -0.491 e. The Balaban J connectivity index is 2.66. The molecule has 0 bridgehead atoms. The van der Waals surface area contributed by atoms with Crippen LogP contribution < -0.4 is 0 Å². The van der Waals surface area contributed by atoms with Gasteiger partial charge in [-0.05, 0) is 42.7 Å². The second kappa shape index (κ2) is 10.3. The summed E-state index contributed by atoms with van der Waals surface area (Å²) in [6.07, 6.45) is 2.82. The number of ether oxygens (including phenoxy) is 2. The van der Waals surface area contributed by atoms with Crippen LogP contribution in [0.5, 0.6) is 0 Å². The number of halogens is 3. The second-order valence-corrected chi connectivity index (χ2v) is 5.66. The van der Waals surface area contributed by atoms with Crippen LogP contribution in [0.2, 0.25) is 0 Å². The highest BCUT2D eigenvalue weighted by atomic mass is 19.2. The summed E-state index contributed by atoms with van der Waals surface area (Å²) in [7, 11) is 0. The molecule has 0 fully saturated rings. The first-order valence-electron chi connectivity index (χ1n) is 8.18. The molecule has 0 amide bonds. The van der Waals surface area contributed by atoms with Crippen molar-refractivity contribution in [1.29, 1.82) is 0 Å². The average molecular weight is 376 g/mol. The van der Waals surface area contributed by atoms with E-state index in [4.69, 9.17) is 9.47 Å². The molecule has 0 aliphatic carbocycles. The molecule has 0 heterocycles. The van der Waals surface area contributed by atoms with Crippen LogP contribution >= 0.6 is 0 Å². The number of hydrogen-bond acceptors (Lipinski definition) is 2. The Morgan fingerprint density at radius 3 is 2.30 bits per heavy atom. The molecule has 1 aromatic carbocycles. The highest BCUT2D eigenvalue weighted by Gasteiger charge is 2.15. The van der Waals surface area contributed by atoms with E-state index in [1.165, 1.54) is 18.2 Å². The van der Waals surface area contributed by atoms with Crippen LogP contribution in [0.15, 0.2) is 91.0 Å². The maximum atomic E-state index is 14.1. The molecule has 144 valence electrons. The molecule has 27 heavy (non-hydrogen) atoms. The Morgan fingerprint density at radius 1 is 1.04 bits per heavy atom. The van der Waals surface area contributed by atoms with Gasteiger partial charge in [-0.1, -0.05) is 44.5 Å². The Bertz CT molecular complexity index is 817. The molecule has 0 spiro atoms. The summed E-state index contributed by atoms with van der Waals surface area (Å²) < 4.78 is 51.6. The summed E-state index contributed by atoms with van der Waals surface area (Å²) >= 11 is 0. The number of aryl methyl sites for hydroxylation is 1. The maximum Gasteiger partial charge on any atom is 0.200 e. The van der Waals surface area contributed by atoms with Gasteiger partial charge in [-0.25, -0.2) is 8.78 Å². The summed E-state index contributed by atoms with van der Waals surface area (Å²) in [6.45, 7) is 17.7. The first kappa shape index (κ1) is 22.1. The van der Waals surface area contributed by atoms with Crippen LogP contribution in [0.1, 0.15) is 18.1 Å². The van der Waals surface area contributed by atoms with Crippen molar-refractivity contribution >= 4 is 0 Å². The molecule has 1 rings (SSSR count). The summed E-state index contributed by atoms with van der Waals surface area (Å²) in [5, 5.41) is 0. The molecule has 0 N–H and O–H groups in total. The standard InChI is InChI=1S/C22H23F3O2/c1-7-26-18(6)22(25)21(24)17(5)14(2)8-10-16(4)27-13-19-11-9-15(3)20(23)12-19/h8-12H,2,4-7,13H2,1,3H3/b10-8-,22-21-. The molecule has 0 aromatic heterocycles. The molecule has 0 unspecified atom stereocenters. The van der Waals surface area contributed by atoms with E-state index >= 15 is 0 Å². The number of allylic oxidation sites excluding steroid dienone is 6. The lowest BCUT2D eigenvalue weighted by Crippen LogP contribution is -1.96. The molecule has 0 aliphatic heterocycles. The minimum atomic E-state index is -1.23. The van der Waals surface area contributed by atoms with E-state index in [0.717, 1.165) is 0 Å². The zero-order chi connectivity index (χ0) is 20.6. The highest BCUT2D eigenvalue weighted by Crippen LogP contribution is 2.27. The fourth-order valence-corrected chi connectivity index (χ4v) is 1.88. The third-order valence-electron chi connectivity index (χ3n) is 3.54. The Labute approximate surface area is 158 Å². The van der Waals surface area contributed by atoms with Gasteiger partial charge in [0.05, 0.1) is 6.61 Å². The van der Waals surface area contributed by atoms with Gasteiger partial charge in [0.25, 0.3) is 0 Å². The third kappa shape index (κ3) is 6.70. The zero-order valence-corrected chi connectivity index (χ0v) is 15.6. The van der Waals surface area contributed by atoms with Crippen LogP contribution in [0.3, 0.4) is 0 Å². The smallest absolute Gasteiger partial charge is 0.200 e. The zero-order valence-electron chi connectivity index (χ0n) is 15.6. The molecule has 0 atom stereocenters. The molecule has 0 aliphatic rings. The average Bonchev–Trinajstić information content (AvgIpc) is 2.65. The maximum absolute atomic E-state index is 14.1. The van der Waals surface area contributed by atoms with Gasteiger partial charge in [-0.3, -0.25) is 0 Å². The normalized spacial score (nSPS) is 11.7. The van der Waals surface area contributed by atoms with Crippen molar-refractivity contribution in [2.45, 2.75) is 20.5 Å². The van der Waals surface area contributed by atoms with Crippen LogP contribution in [0.25, 0.3) is 0 Å². The van der Waals surface area contributed by atoms with E-state index < -0.39 is 17.4 Å². The third-order valence-corrected chi connectivity index (χ3v) is 3.54. The Hall–Kier alpha value is -2.95. The molecular weight excluding hydrogens is 353 g/mol. The fourth-order valence-electron chi connectivity index (χ4n) is 1.88. The number of hydrogen-bond donors (Lipinski definition) is 0. The van der Waals surface area contributed by atoms with Crippen molar-refractivity contribution in [3.05, 3.63) is 108 Å². The van der Waals surface area contributed by atoms with Crippen LogP contribution in [-0.2, 0) is 16.1 Å². The molecule has 0 saturated carbocycles. The molecule has 0 saturated heterocycles. The van der Waals surface area contributed by atoms with Crippen LogP contribution in [-0.4, -0.2) is 6.61 Å². The predicted molar refractivity (Wildman–Crippen MR) is 102 cm³/mol. The SMILES string of the molecule is C=C(/C=C\C(=C)C(=C)/C(F)=C(/F)C(=C)OCC)OCc1ccc(C)c(F)c1. The van der Waals surface area contributed by atoms with Gasteiger partial charge in [0, 0.05) is 5.57 Å². The monoisotopic (exact) mass is 376 g/mol. The molecule has 0 radical (unpaired) electrons. The van der Waals surface area contributed by atoms with E-state index in [1.807, 2.05) is 0 Å².